The summed E-state index contributed by atoms with van der Waals surface area (Å²) in [7, 11) is 0. The maximum Gasteiger partial charge on any atom is 0.165 e. The van der Waals surface area contributed by atoms with E-state index in [1.165, 1.54) is 6.42 Å². The maximum absolute atomic E-state index is 5.70. The van der Waals surface area contributed by atoms with Gasteiger partial charge in [-0.25, -0.2) is 0 Å². The second kappa shape index (κ2) is 5.59. The molecular formula is C14H19NO3. The SMILES string of the molecule is c1cc(CNC2CCCOC2)c2c(c1)OCCO2. The van der Waals surface area contributed by atoms with Gasteiger partial charge in [-0.05, 0) is 18.9 Å². The molecule has 3 rings (SSSR count). The van der Waals surface area contributed by atoms with E-state index >= 15 is 0 Å². The molecule has 18 heavy (non-hydrogen) atoms. The molecule has 0 spiro atoms. The van der Waals surface area contributed by atoms with Crippen molar-refractivity contribution in [2.24, 2.45) is 0 Å². The Morgan fingerprint density at radius 2 is 2.11 bits per heavy atom. The van der Waals surface area contributed by atoms with Crippen LogP contribution in [-0.2, 0) is 11.3 Å². The van der Waals surface area contributed by atoms with Crippen LogP contribution in [0, 0.1) is 0 Å². The van der Waals surface area contributed by atoms with E-state index in [4.69, 9.17) is 14.2 Å². The second-order valence-electron chi connectivity index (χ2n) is 4.74. The Hall–Kier alpha value is -1.26. The Labute approximate surface area is 107 Å². The van der Waals surface area contributed by atoms with Gasteiger partial charge in [0.05, 0.1) is 6.61 Å². The molecule has 0 amide bonds. The van der Waals surface area contributed by atoms with Crippen LogP contribution in [0.25, 0.3) is 0 Å². The molecule has 0 saturated carbocycles. The van der Waals surface area contributed by atoms with Crippen LogP contribution in [0.4, 0.5) is 0 Å². The highest BCUT2D eigenvalue weighted by molar-refractivity contribution is 5.47. The highest BCUT2D eigenvalue weighted by Crippen LogP contribution is 2.33. The molecule has 2 aliphatic heterocycles. The molecule has 2 aliphatic rings. The zero-order valence-corrected chi connectivity index (χ0v) is 10.5. The molecule has 1 unspecified atom stereocenters. The van der Waals surface area contributed by atoms with Gasteiger partial charge in [0.25, 0.3) is 0 Å². The predicted octanol–water partition coefficient (Wildman–Crippen LogP) is 1.73. The number of hydrogen-bond donors (Lipinski definition) is 1. The number of ether oxygens (including phenoxy) is 3. The zero-order chi connectivity index (χ0) is 12.2. The molecule has 4 nitrogen and oxygen atoms in total. The van der Waals surface area contributed by atoms with Crippen molar-refractivity contribution in [3.8, 4) is 11.5 Å². The molecule has 1 N–H and O–H groups in total. The van der Waals surface area contributed by atoms with Gasteiger partial charge in [0, 0.05) is 24.8 Å². The molecule has 2 heterocycles. The summed E-state index contributed by atoms with van der Waals surface area (Å²) in [4.78, 5) is 0. The standard InChI is InChI=1S/C14H19NO3/c1-3-11(9-15-12-4-2-6-16-10-12)14-13(5-1)17-7-8-18-14/h1,3,5,12,15H,2,4,6-10H2. The van der Waals surface area contributed by atoms with Crippen LogP contribution in [0.15, 0.2) is 18.2 Å². The molecule has 0 aromatic heterocycles. The molecule has 98 valence electrons. The minimum absolute atomic E-state index is 0.458. The van der Waals surface area contributed by atoms with E-state index in [9.17, 15) is 0 Å². The number of nitrogens with one attached hydrogen (secondary N) is 1. The molecule has 1 fully saturated rings. The fraction of sp³-hybridized carbons (Fsp3) is 0.571. The summed E-state index contributed by atoms with van der Waals surface area (Å²) in [5, 5.41) is 3.53. The van der Waals surface area contributed by atoms with Crippen molar-refractivity contribution in [1.29, 1.82) is 0 Å². The fourth-order valence-electron chi connectivity index (χ4n) is 2.43. The normalized spacial score (nSPS) is 22.8. The molecule has 0 aliphatic carbocycles. The van der Waals surface area contributed by atoms with Gasteiger partial charge in [0.2, 0.25) is 0 Å². The number of benzene rings is 1. The second-order valence-corrected chi connectivity index (χ2v) is 4.74. The fourth-order valence-corrected chi connectivity index (χ4v) is 2.43. The van der Waals surface area contributed by atoms with Gasteiger partial charge in [0.15, 0.2) is 11.5 Å². The Morgan fingerprint density at radius 1 is 1.17 bits per heavy atom. The summed E-state index contributed by atoms with van der Waals surface area (Å²) < 4.78 is 16.7. The van der Waals surface area contributed by atoms with E-state index < -0.39 is 0 Å². The van der Waals surface area contributed by atoms with Crippen LogP contribution in [0.3, 0.4) is 0 Å². The summed E-state index contributed by atoms with van der Waals surface area (Å²) in [6, 6.07) is 6.52. The Bertz CT molecular complexity index is 402. The minimum atomic E-state index is 0.458. The largest absolute Gasteiger partial charge is 0.486 e. The van der Waals surface area contributed by atoms with Crippen LogP contribution in [0.5, 0.6) is 11.5 Å². The monoisotopic (exact) mass is 249 g/mol. The molecule has 1 saturated heterocycles. The van der Waals surface area contributed by atoms with Crippen molar-refractivity contribution < 1.29 is 14.2 Å². The summed E-state index contributed by atoms with van der Waals surface area (Å²) in [5.74, 6) is 1.76. The molecule has 4 heteroatoms. The minimum Gasteiger partial charge on any atom is -0.486 e. The number of para-hydroxylation sites is 1. The summed E-state index contributed by atoms with van der Waals surface area (Å²) in [5.41, 5.74) is 1.16. The number of hydrogen-bond acceptors (Lipinski definition) is 4. The Kier molecular flexibility index (Phi) is 3.67. The van der Waals surface area contributed by atoms with E-state index in [-0.39, 0.29) is 0 Å². The van der Waals surface area contributed by atoms with Gasteiger partial charge >= 0.3 is 0 Å². The van der Waals surface area contributed by atoms with E-state index in [0.717, 1.165) is 43.2 Å². The zero-order valence-electron chi connectivity index (χ0n) is 10.5. The van der Waals surface area contributed by atoms with E-state index in [1.54, 1.807) is 0 Å². The number of fused-ring (bicyclic) bond motifs is 1. The lowest BCUT2D eigenvalue weighted by atomic mass is 10.1. The van der Waals surface area contributed by atoms with Crippen molar-refractivity contribution in [1.82, 2.24) is 5.32 Å². The first-order valence-corrected chi connectivity index (χ1v) is 6.62. The van der Waals surface area contributed by atoms with Crippen LogP contribution < -0.4 is 14.8 Å². The molecule has 0 bridgehead atoms. The van der Waals surface area contributed by atoms with Gasteiger partial charge in [-0.3, -0.25) is 0 Å². The first-order chi connectivity index (χ1) is 8.93. The predicted molar refractivity (Wildman–Crippen MR) is 68.1 cm³/mol. The van der Waals surface area contributed by atoms with Gasteiger partial charge in [0.1, 0.15) is 13.2 Å². The van der Waals surface area contributed by atoms with Crippen LogP contribution in [-0.4, -0.2) is 32.5 Å². The van der Waals surface area contributed by atoms with Crippen molar-refractivity contribution >= 4 is 0 Å². The topological polar surface area (TPSA) is 39.7 Å². The van der Waals surface area contributed by atoms with Crippen LogP contribution >= 0.6 is 0 Å². The van der Waals surface area contributed by atoms with Crippen molar-refractivity contribution in [2.75, 3.05) is 26.4 Å². The first kappa shape index (κ1) is 11.8. The van der Waals surface area contributed by atoms with Gasteiger partial charge < -0.3 is 19.5 Å². The highest BCUT2D eigenvalue weighted by Gasteiger charge is 2.17. The van der Waals surface area contributed by atoms with E-state index in [2.05, 4.69) is 11.4 Å². The van der Waals surface area contributed by atoms with Crippen molar-refractivity contribution in [2.45, 2.75) is 25.4 Å². The van der Waals surface area contributed by atoms with Crippen LogP contribution in [0.2, 0.25) is 0 Å². The lowest BCUT2D eigenvalue weighted by Crippen LogP contribution is -2.36. The molecule has 1 atom stereocenters. The molecule has 0 radical (unpaired) electrons. The van der Waals surface area contributed by atoms with Gasteiger partial charge in [-0.15, -0.1) is 0 Å². The highest BCUT2D eigenvalue weighted by atomic mass is 16.6. The summed E-state index contributed by atoms with van der Waals surface area (Å²) in [6.45, 7) is 3.79. The third-order valence-corrected chi connectivity index (χ3v) is 3.39. The van der Waals surface area contributed by atoms with Gasteiger partial charge in [-0.1, -0.05) is 12.1 Å². The summed E-state index contributed by atoms with van der Waals surface area (Å²) >= 11 is 0. The Balaban J connectivity index is 1.65. The Morgan fingerprint density at radius 3 is 3.00 bits per heavy atom. The average Bonchev–Trinajstić information content (AvgIpc) is 2.46. The quantitative estimate of drug-likeness (QED) is 0.885. The smallest absolute Gasteiger partial charge is 0.165 e. The lowest BCUT2D eigenvalue weighted by Gasteiger charge is -2.25. The maximum atomic E-state index is 5.70. The van der Waals surface area contributed by atoms with Crippen molar-refractivity contribution in [3.63, 3.8) is 0 Å². The third-order valence-electron chi connectivity index (χ3n) is 3.39. The average molecular weight is 249 g/mol. The molecule has 1 aromatic carbocycles. The number of rotatable bonds is 3. The first-order valence-electron chi connectivity index (χ1n) is 6.62. The van der Waals surface area contributed by atoms with Gasteiger partial charge in [-0.2, -0.15) is 0 Å². The summed E-state index contributed by atoms with van der Waals surface area (Å²) in [6.07, 6.45) is 2.33. The van der Waals surface area contributed by atoms with E-state index in [1.807, 2.05) is 12.1 Å². The van der Waals surface area contributed by atoms with Crippen molar-refractivity contribution in [3.05, 3.63) is 23.8 Å². The van der Waals surface area contributed by atoms with Crippen LogP contribution in [0.1, 0.15) is 18.4 Å². The molecular weight excluding hydrogens is 230 g/mol. The molecule has 1 aromatic rings. The third kappa shape index (κ3) is 2.60. The lowest BCUT2D eigenvalue weighted by molar-refractivity contribution is 0.0697. The van der Waals surface area contributed by atoms with E-state index in [0.29, 0.717) is 19.3 Å².